The Balaban J connectivity index is 1.35. The van der Waals surface area contributed by atoms with Gasteiger partial charge in [-0.1, -0.05) is 30.3 Å². The van der Waals surface area contributed by atoms with E-state index in [2.05, 4.69) is 45.2 Å². The lowest BCUT2D eigenvalue weighted by molar-refractivity contribution is -0.0450. The highest BCUT2D eigenvalue weighted by Crippen LogP contribution is 2.42. The molecule has 4 rings (SSSR count). The topological polar surface area (TPSA) is 41.1 Å². The van der Waals surface area contributed by atoms with Crippen molar-refractivity contribution in [1.29, 1.82) is 0 Å². The van der Waals surface area contributed by atoms with Crippen molar-refractivity contribution < 1.29 is 4.74 Å². The molecule has 22 heavy (non-hydrogen) atoms. The van der Waals surface area contributed by atoms with Crippen LogP contribution in [0.3, 0.4) is 0 Å². The second-order valence-corrected chi connectivity index (χ2v) is 6.66. The second-order valence-electron chi connectivity index (χ2n) is 6.66. The van der Waals surface area contributed by atoms with Crippen LogP contribution in [0.5, 0.6) is 0 Å². The third-order valence-corrected chi connectivity index (χ3v) is 5.20. The minimum absolute atomic E-state index is 0.116. The zero-order valence-electron chi connectivity index (χ0n) is 12.9. The quantitative estimate of drug-likeness (QED) is 0.947. The normalized spacial score (nSPS) is 24.8. The number of hydrogen-bond acceptors (Lipinski definition) is 3. The molecule has 116 valence electrons. The number of H-pyrrole nitrogens is 1. The van der Waals surface area contributed by atoms with Gasteiger partial charge in [-0.2, -0.15) is 0 Å². The molecule has 1 N–H and O–H groups in total. The van der Waals surface area contributed by atoms with Crippen molar-refractivity contribution in [1.82, 2.24) is 14.9 Å². The molecule has 2 fully saturated rings. The Labute approximate surface area is 131 Å². The molecule has 0 unspecified atom stereocenters. The van der Waals surface area contributed by atoms with Gasteiger partial charge in [0.25, 0.3) is 0 Å². The fourth-order valence-electron chi connectivity index (χ4n) is 3.86. The van der Waals surface area contributed by atoms with Gasteiger partial charge < -0.3 is 9.72 Å². The Bertz CT molecular complexity index is 588. The summed E-state index contributed by atoms with van der Waals surface area (Å²) in [6.07, 6.45) is 7.14. The van der Waals surface area contributed by atoms with Crippen LogP contribution in [0, 0.1) is 0 Å². The minimum atomic E-state index is 0.116. The largest absolute Gasteiger partial charge is 0.374 e. The number of nitrogens with one attached hydrogen (secondary N) is 1. The molecule has 1 atom stereocenters. The van der Waals surface area contributed by atoms with E-state index < -0.39 is 0 Å². The maximum atomic E-state index is 6.29. The summed E-state index contributed by atoms with van der Waals surface area (Å²) < 4.78 is 6.29. The summed E-state index contributed by atoms with van der Waals surface area (Å²) in [5, 5.41) is 0. The number of ether oxygens (including phenoxy) is 1. The molecule has 4 heteroatoms. The van der Waals surface area contributed by atoms with Crippen LogP contribution in [-0.2, 0) is 11.3 Å². The van der Waals surface area contributed by atoms with Gasteiger partial charge >= 0.3 is 0 Å². The molecular weight excluding hydrogens is 274 g/mol. The van der Waals surface area contributed by atoms with Crippen LogP contribution in [0.4, 0.5) is 0 Å². The summed E-state index contributed by atoms with van der Waals surface area (Å²) in [5.41, 5.74) is 2.75. The van der Waals surface area contributed by atoms with Crippen LogP contribution < -0.4 is 0 Å². The second kappa shape index (κ2) is 5.86. The number of benzene rings is 1. The summed E-state index contributed by atoms with van der Waals surface area (Å²) >= 11 is 0. The molecule has 1 aromatic carbocycles. The van der Waals surface area contributed by atoms with E-state index in [-0.39, 0.29) is 5.60 Å². The van der Waals surface area contributed by atoms with Crippen LogP contribution in [0.25, 0.3) is 0 Å². The Morgan fingerprint density at radius 2 is 2.05 bits per heavy atom. The first-order valence-electron chi connectivity index (χ1n) is 8.22. The molecule has 3 heterocycles. The zero-order chi connectivity index (χ0) is 14.8. The van der Waals surface area contributed by atoms with Crippen molar-refractivity contribution in [3.05, 3.63) is 54.1 Å². The number of aromatic nitrogens is 2. The lowest BCUT2D eigenvalue weighted by atomic mass is 9.83. The van der Waals surface area contributed by atoms with E-state index in [9.17, 15) is 0 Å². The third-order valence-electron chi connectivity index (χ3n) is 5.20. The van der Waals surface area contributed by atoms with Gasteiger partial charge in [0.05, 0.1) is 18.5 Å². The van der Waals surface area contributed by atoms with Gasteiger partial charge in [-0.15, -0.1) is 0 Å². The van der Waals surface area contributed by atoms with Crippen molar-refractivity contribution in [2.24, 2.45) is 0 Å². The molecule has 2 aromatic rings. The van der Waals surface area contributed by atoms with E-state index in [1.54, 1.807) is 6.33 Å². The lowest BCUT2D eigenvalue weighted by Crippen LogP contribution is -2.43. The fraction of sp³-hybridized carbons (Fsp3) is 0.500. The van der Waals surface area contributed by atoms with Gasteiger partial charge in [0, 0.05) is 37.4 Å². The molecule has 1 aromatic heterocycles. The molecule has 0 saturated carbocycles. The number of imidazole rings is 1. The van der Waals surface area contributed by atoms with Gasteiger partial charge in [-0.3, -0.25) is 4.90 Å². The summed E-state index contributed by atoms with van der Waals surface area (Å²) in [6.45, 7) is 4.07. The average Bonchev–Trinajstić information content (AvgIpc) is 3.21. The Kier molecular flexibility index (Phi) is 3.72. The van der Waals surface area contributed by atoms with Gasteiger partial charge in [-0.25, -0.2) is 4.98 Å². The molecular formula is C18H23N3O. The maximum Gasteiger partial charge on any atom is 0.0922 e. The van der Waals surface area contributed by atoms with E-state index in [4.69, 9.17) is 4.74 Å². The predicted molar refractivity (Wildman–Crippen MR) is 85.6 cm³/mol. The number of likely N-dealkylation sites (tertiary alicyclic amines) is 1. The molecule has 2 saturated heterocycles. The first-order chi connectivity index (χ1) is 10.8. The number of piperidine rings is 1. The molecule has 2 aliphatic rings. The van der Waals surface area contributed by atoms with Crippen molar-refractivity contribution in [3.8, 4) is 0 Å². The molecule has 2 aliphatic heterocycles. The third kappa shape index (κ3) is 2.81. The van der Waals surface area contributed by atoms with Crippen LogP contribution >= 0.6 is 0 Å². The van der Waals surface area contributed by atoms with Crippen LogP contribution in [-0.4, -0.2) is 40.2 Å². The average molecular weight is 297 g/mol. The van der Waals surface area contributed by atoms with Gasteiger partial charge in [0.2, 0.25) is 0 Å². The molecule has 0 radical (unpaired) electrons. The van der Waals surface area contributed by atoms with Gasteiger partial charge in [0.1, 0.15) is 0 Å². The summed E-state index contributed by atoms with van der Waals surface area (Å²) in [7, 11) is 0. The van der Waals surface area contributed by atoms with E-state index >= 15 is 0 Å². The standard InChI is InChI=1S/C18H23N3O/c1-2-4-15(5-3-1)16-10-18(22-13-16)6-8-21(9-7-18)12-17-11-19-14-20-17/h1-5,11,14,16H,6-10,12-13H2,(H,19,20)/t16-/m1/s1. The number of rotatable bonds is 3. The summed E-state index contributed by atoms with van der Waals surface area (Å²) in [4.78, 5) is 9.78. The lowest BCUT2D eigenvalue weighted by Gasteiger charge is -2.38. The summed E-state index contributed by atoms with van der Waals surface area (Å²) in [6, 6.07) is 10.8. The monoisotopic (exact) mass is 297 g/mol. The van der Waals surface area contributed by atoms with Gasteiger partial charge in [-0.05, 0) is 24.8 Å². The highest BCUT2D eigenvalue weighted by atomic mass is 16.5. The highest BCUT2D eigenvalue weighted by molar-refractivity contribution is 5.21. The van der Waals surface area contributed by atoms with Crippen LogP contribution in [0.15, 0.2) is 42.9 Å². The van der Waals surface area contributed by atoms with Crippen molar-refractivity contribution in [2.45, 2.75) is 37.3 Å². The molecule has 1 spiro atoms. The number of hydrogen-bond donors (Lipinski definition) is 1. The molecule has 0 amide bonds. The fourth-order valence-corrected chi connectivity index (χ4v) is 3.86. The van der Waals surface area contributed by atoms with E-state index in [1.807, 2.05) is 6.20 Å². The molecule has 0 bridgehead atoms. The Morgan fingerprint density at radius 3 is 2.77 bits per heavy atom. The van der Waals surface area contributed by atoms with Crippen LogP contribution in [0.2, 0.25) is 0 Å². The van der Waals surface area contributed by atoms with E-state index in [0.29, 0.717) is 5.92 Å². The molecule has 4 nitrogen and oxygen atoms in total. The zero-order valence-corrected chi connectivity index (χ0v) is 12.9. The Hall–Kier alpha value is -1.65. The number of aromatic amines is 1. The summed E-state index contributed by atoms with van der Waals surface area (Å²) in [5.74, 6) is 0.570. The smallest absolute Gasteiger partial charge is 0.0922 e. The van der Waals surface area contributed by atoms with Crippen molar-refractivity contribution in [3.63, 3.8) is 0 Å². The van der Waals surface area contributed by atoms with Crippen molar-refractivity contribution in [2.75, 3.05) is 19.7 Å². The first-order valence-corrected chi connectivity index (χ1v) is 8.22. The first kappa shape index (κ1) is 14.0. The van der Waals surface area contributed by atoms with Gasteiger partial charge in [0.15, 0.2) is 0 Å². The predicted octanol–water partition coefficient (Wildman–Crippen LogP) is 2.95. The van der Waals surface area contributed by atoms with Crippen molar-refractivity contribution >= 4 is 0 Å². The maximum absolute atomic E-state index is 6.29. The number of nitrogens with zero attached hydrogens (tertiary/aromatic N) is 2. The van der Waals surface area contributed by atoms with Crippen LogP contribution in [0.1, 0.15) is 36.4 Å². The molecule has 0 aliphatic carbocycles. The minimum Gasteiger partial charge on any atom is -0.374 e. The Morgan fingerprint density at radius 1 is 1.23 bits per heavy atom. The van der Waals surface area contributed by atoms with E-state index in [0.717, 1.165) is 39.1 Å². The SMILES string of the molecule is c1ccc([C@H]2COC3(CCN(Cc4cnc[nH]4)CC3)C2)cc1. The van der Waals surface area contributed by atoms with E-state index in [1.165, 1.54) is 17.7 Å². The highest BCUT2D eigenvalue weighted by Gasteiger charge is 2.42.